The monoisotopic (exact) mass is 327 g/mol. The Bertz CT molecular complexity index is 758. The Labute approximate surface area is 139 Å². The van der Waals surface area contributed by atoms with E-state index in [1.165, 1.54) is 14.2 Å². The maximum absolute atomic E-state index is 12.2. The molecule has 0 spiro atoms. The summed E-state index contributed by atoms with van der Waals surface area (Å²) in [6.07, 6.45) is 1.14. The van der Waals surface area contributed by atoms with Crippen LogP contribution in [0.5, 0.6) is 11.5 Å². The molecule has 0 aliphatic rings. The first-order valence-corrected chi connectivity index (χ1v) is 7.02. The molecule has 7 heteroatoms. The van der Waals surface area contributed by atoms with E-state index < -0.39 is 5.91 Å². The molecule has 0 fully saturated rings. The van der Waals surface area contributed by atoms with Gasteiger partial charge in [0.05, 0.1) is 20.4 Å². The number of carbonyl (C=O) groups excluding carboxylic acids is 1. The number of carbonyl (C=O) groups is 1. The summed E-state index contributed by atoms with van der Waals surface area (Å²) < 4.78 is 10.3. The van der Waals surface area contributed by atoms with E-state index >= 15 is 0 Å². The lowest BCUT2D eigenvalue weighted by Gasteiger charge is -2.09. The minimum Gasteiger partial charge on any atom is -0.493 e. The number of hydrogen-bond acceptors (Lipinski definition) is 6. The summed E-state index contributed by atoms with van der Waals surface area (Å²) in [7, 11) is 3.01. The number of hydrazone groups is 1. The van der Waals surface area contributed by atoms with Crippen molar-refractivity contribution in [3.63, 3.8) is 0 Å². The SMILES string of the molecule is COc1ccc(C(=O)N/N=C(/C=N/O)c2ccccc2)cc1OC. The molecule has 0 heterocycles. The number of rotatable bonds is 6. The molecule has 0 aromatic heterocycles. The number of hydrogen-bond donors (Lipinski definition) is 2. The summed E-state index contributed by atoms with van der Waals surface area (Å²) >= 11 is 0. The van der Waals surface area contributed by atoms with Gasteiger partial charge < -0.3 is 14.7 Å². The fraction of sp³-hybridized carbons (Fsp3) is 0.118. The normalized spacial score (nSPS) is 11.3. The van der Waals surface area contributed by atoms with E-state index in [1.54, 1.807) is 30.3 Å². The minimum absolute atomic E-state index is 0.312. The molecule has 2 aromatic rings. The molecule has 2 rings (SSSR count). The third-order valence-corrected chi connectivity index (χ3v) is 3.17. The van der Waals surface area contributed by atoms with Crippen LogP contribution in [0.2, 0.25) is 0 Å². The van der Waals surface area contributed by atoms with Crippen molar-refractivity contribution >= 4 is 17.8 Å². The smallest absolute Gasteiger partial charge is 0.271 e. The summed E-state index contributed by atoms with van der Waals surface area (Å²) in [5.74, 6) is 0.528. The van der Waals surface area contributed by atoms with Gasteiger partial charge in [0, 0.05) is 11.1 Å². The summed E-state index contributed by atoms with van der Waals surface area (Å²) in [5.41, 5.74) is 3.78. The number of nitrogens with zero attached hydrogens (tertiary/aromatic N) is 2. The van der Waals surface area contributed by atoms with Crippen LogP contribution in [-0.2, 0) is 0 Å². The Morgan fingerprint density at radius 2 is 1.75 bits per heavy atom. The third-order valence-electron chi connectivity index (χ3n) is 3.17. The van der Waals surface area contributed by atoms with Gasteiger partial charge in [0.1, 0.15) is 5.71 Å². The Kier molecular flexibility index (Phi) is 5.90. The zero-order chi connectivity index (χ0) is 17.4. The molecule has 0 bridgehead atoms. The molecule has 0 saturated heterocycles. The first kappa shape index (κ1) is 17.0. The zero-order valence-electron chi connectivity index (χ0n) is 13.3. The van der Waals surface area contributed by atoms with Crippen molar-refractivity contribution < 1.29 is 19.5 Å². The Balaban J connectivity index is 2.21. The van der Waals surface area contributed by atoms with Gasteiger partial charge in [-0.1, -0.05) is 35.5 Å². The maximum atomic E-state index is 12.2. The second-order valence-electron chi connectivity index (χ2n) is 4.62. The molecule has 124 valence electrons. The summed E-state index contributed by atoms with van der Waals surface area (Å²) in [6, 6.07) is 13.8. The number of amides is 1. The Morgan fingerprint density at radius 3 is 2.38 bits per heavy atom. The molecule has 24 heavy (non-hydrogen) atoms. The molecular formula is C17H17N3O4. The van der Waals surface area contributed by atoms with Gasteiger partial charge in [0.15, 0.2) is 11.5 Å². The van der Waals surface area contributed by atoms with Crippen LogP contribution in [0.3, 0.4) is 0 Å². The Morgan fingerprint density at radius 1 is 1.04 bits per heavy atom. The van der Waals surface area contributed by atoms with Crippen molar-refractivity contribution in [2.24, 2.45) is 10.3 Å². The number of nitrogens with one attached hydrogen (secondary N) is 1. The predicted molar refractivity (Wildman–Crippen MR) is 90.3 cm³/mol. The van der Waals surface area contributed by atoms with Gasteiger partial charge in [-0.25, -0.2) is 5.43 Å². The molecule has 0 aliphatic carbocycles. The van der Waals surface area contributed by atoms with Crippen molar-refractivity contribution in [1.29, 1.82) is 0 Å². The van der Waals surface area contributed by atoms with Crippen LogP contribution in [0.4, 0.5) is 0 Å². The molecular weight excluding hydrogens is 310 g/mol. The van der Waals surface area contributed by atoms with E-state index in [-0.39, 0.29) is 0 Å². The standard InChI is InChI=1S/C17H17N3O4/c1-23-15-9-8-13(10-16(15)24-2)17(21)20-19-14(11-18-22)12-6-4-3-5-7-12/h3-11,22H,1-2H3,(H,20,21)/b18-11+,19-14-. The molecule has 1 amide bonds. The summed E-state index contributed by atoms with van der Waals surface area (Å²) in [4.78, 5) is 12.2. The molecule has 0 aliphatic heterocycles. The van der Waals surface area contributed by atoms with E-state index in [0.717, 1.165) is 6.21 Å². The first-order chi connectivity index (χ1) is 11.7. The lowest BCUT2D eigenvalue weighted by Crippen LogP contribution is -2.20. The quantitative estimate of drug-likeness (QED) is 0.484. The van der Waals surface area contributed by atoms with Crippen molar-refractivity contribution in [3.05, 3.63) is 59.7 Å². The van der Waals surface area contributed by atoms with Crippen LogP contribution in [0.25, 0.3) is 0 Å². The fourth-order valence-corrected chi connectivity index (χ4v) is 1.98. The number of methoxy groups -OCH3 is 2. The van der Waals surface area contributed by atoms with Gasteiger partial charge in [0.2, 0.25) is 0 Å². The molecule has 2 N–H and O–H groups in total. The molecule has 0 saturated carbocycles. The molecule has 0 atom stereocenters. The number of ether oxygens (including phenoxy) is 2. The Hall–Kier alpha value is -3.35. The van der Waals surface area contributed by atoms with Crippen molar-refractivity contribution in [2.45, 2.75) is 0 Å². The van der Waals surface area contributed by atoms with Crippen molar-refractivity contribution in [3.8, 4) is 11.5 Å². The zero-order valence-corrected chi connectivity index (χ0v) is 13.3. The molecule has 7 nitrogen and oxygen atoms in total. The van der Waals surface area contributed by atoms with E-state index in [9.17, 15) is 4.79 Å². The topological polar surface area (TPSA) is 92.5 Å². The fourth-order valence-electron chi connectivity index (χ4n) is 1.98. The lowest BCUT2D eigenvalue weighted by molar-refractivity contribution is 0.0954. The van der Waals surface area contributed by atoms with Crippen LogP contribution >= 0.6 is 0 Å². The van der Waals surface area contributed by atoms with Crippen molar-refractivity contribution in [1.82, 2.24) is 5.43 Å². The largest absolute Gasteiger partial charge is 0.493 e. The highest BCUT2D eigenvalue weighted by molar-refractivity contribution is 6.38. The van der Waals surface area contributed by atoms with Gasteiger partial charge in [-0.2, -0.15) is 5.10 Å². The highest BCUT2D eigenvalue weighted by atomic mass is 16.5. The summed E-state index contributed by atoms with van der Waals surface area (Å²) in [5, 5.41) is 15.7. The number of oxime groups is 1. The highest BCUT2D eigenvalue weighted by Crippen LogP contribution is 2.27. The second-order valence-corrected chi connectivity index (χ2v) is 4.62. The highest BCUT2D eigenvalue weighted by Gasteiger charge is 2.11. The van der Waals surface area contributed by atoms with Gasteiger partial charge in [-0.3, -0.25) is 4.79 Å². The molecule has 0 radical (unpaired) electrons. The van der Waals surface area contributed by atoms with E-state index in [2.05, 4.69) is 15.7 Å². The summed E-state index contributed by atoms with van der Waals surface area (Å²) in [6.45, 7) is 0. The van der Waals surface area contributed by atoms with Crippen LogP contribution in [0.15, 0.2) is 58.8 Å². The van der Waals surface area contributed by atoms with Gasteiger partial charge in [0.25, 0.3) is 5.91 Å². The van der Waals surface area contributed by atoms with Crippen LogP contribution < -0.4 is 14.9 Å². The number of benzene rings is 2. The second kappa shape index (κ2) is 8.33. The third kappa shape index (κ3) is 4.10. The maximum Gasteiger partial charge on any atom is 0.271 e. The first-order valence-electron chi connectivity index (χ1n) is 7.02. The average molecular weight is 327 g/mol. The lowest BCUT2D eigenvalue weighted by atomic mass is 10.1. The average Bonchev–Trinajstić information content (AvgIpc) is 2.64. The van der Waals surface area contributed by atoms with Gasteiger partial charge >= 0.3 is 0 Å². The van der Waals surface area contributed by atoms with E-state index in [4.69, 9.17) is 14.7 Å². The predicted octanol–water partition coefficient (Wildman–Crippen LogP) is 2.30. The minimum atomic E-state index is -0.435. The van der Waals surface area contributed by atoms with Gasteiger partial charge in [-0.05, 0) is 18.2 Å². The van der Waals surface area contributed by atoms with Crippen molar-refractivity contribution in [2.75, 3.05) is 14.2 Å². The van der Waals surface area contributed by atoms with E-state index in [1.807, 2.05) is 18.2 Å². The molecule has 0 unspecified atom stereocenters. The van der Waals surface area contributed by atoms with Crippen LogP contribution in [0.1, 0.15) is 15.9 Å². The molecule has 2 aromatic carbocycles. The van der Waals surface area contributed by atoms with Crippen LogP contribution in [-0.4, -0.2) is 37.3 Å². The van der Waals surface area contributed by atoms with Gasteiger partial charge in [-0.15, -0.1) is 0 Å². The van der Waals surface area contributed by atoms with Crippen LogP contribution in [0, 0.1) is 0 Å². The van der Waals surface area contributed by atoms with E-state index in [0.29, 0.717) is 28.3 Å².